The highest BCUT2D eigenvalue weighted by Gasteiger charge is 2.38. The summed E-state index contributed by atoms with van der Waals surface area (Å²) in [5, 5.41) is 0.169. The summed E-state index contributed by atoms with van der Waals surface area (Å²) >= 11 is 6.30. The van der Waals surface area contributed by atoms with Crippen molar-refractivity contribution >= 4 is 17.5 Å². The van der Waals surface area contributed by atoms with E-state index < -0.39 is 11.7 Å². The maximum atomic E-state index is 14.5. The standard InChI is InChI=1S/C21H24ClFN2O2/c1-14-9-10-16(23)18(19(14)22)21(26)25-11-12-27-17(13-24(2)3)20(25)15-7-5-4-6-8-15/h4-10,17,20H,11-13H2,1-3H3/t17-,20-/m0/s1. The number of hydrogen-bond acceptors (Lipinski definition) is 3. The van der Waals surface area contributed by atoms with Gasteiger partial charge in [0.25, 0.3) is 5.91 Å². The van der Waals surface area contributed by atoms with Crippen LogP contribution in [0.2, 0.25) is 5.02 Å². The van der Waals surface area contributed by atoms with Crippen LogP contribution in [0.3, 0.4) is 0 Å². The third kappa shape index (κ3) is 4.15. The Morgan fingerprint density at radius 3 is 2.63 bits per heavy atom. The summed E-state index contributed by atoms with van der Waals surface area (Å²) in [6.07, 6.45) is -0.216. The van der Waals surface area contributed by atoms with E-state index in [9.17, 15) is 9.18 Å². The molecule has 1 heterocycles. The Bertz CT molecular complexity index is 813. The Balaban J connectivity index is 2.03. The van der Waals surface area contributed by atoms with E-state index in [2.05, 4.69) is 0 Å². The zero-order valence-electron chi connectivity index (χ0n) is 15.8. The van der Waals surface area contributed by atoms with Gasteiger partial charge in [0.15, 0.2) is 0 Å². The fourth-order valence-corrected chi connectivity index (χ4v) is 3.75. The van der Waals surface area contributed by atoms with Gasteiger partial charge in [0.1, 0.15) is 5.82 Å². The maximum absolute atomic E-state index is 14.5. The number of rotatable bonds is 4. The molecule has 144 valence electrons. The van der Waals surface area contributed by atoms with Crippen LogP contribution in [0.4, 0.5) is 4.39 Å². The second-order valence-electron chi connectivity index (χ2n) is 7.08. The molecule has 0 spiro atoms. The van der Waals surface area contributed by atoms with Crippen LogP contribution in [0, 0.1) is 12.7 Å². The molecule has 0 saturated carbocycles. The topological polar surface area (TPSA) is 32.8 Å². The second-order valence-corrected chi connectivity index (χ2v) is 7.46. The van der Waals surface area contributed by atoms with Crippen LogP contribution in [0.25, 0.3) is 0 Å². The molecule has 1 saturated heterocycles. The lowest BCUT2D eigenvalue weighted by Crippen LogP contribution is -2.51. The van der Waals surface area contributed by atoms with Crippen LogP contribution in [0.1, 0.15) is 27.5 Å². The molecule has 0 N–H and O–H groups in total. The van der Waals surface area contributed by atoms with Gasteiger partial charge in [-0.2, -0.15) is 0 Å². The van der Waals surface area contributed by atoms with Crippen molar-refractivity contribution in [2.75, 3.05) is 33.8 Å². The van der Waals surface area contributed by atoms with E-state index in [0.717, 1.165) is 5.56 Å². The van der Waals surface area contributed by atoms with Crippen LogP contribution in [0.15, 0.2) is 42.5 Å². The van der Waals surface area contributed by atoms with Gasteiger partial charge in [0, 0.05) is 13.1 Å². The van der Waals surface area contributed by atoms with Gasteiger partial charge in [-0.3, -0.25) is 4.79 Å². The van der Waals surface area contributed by atoms with Gasteiger partial charge in [-0.05, 0) is 38.2 Å². The highest BCUT2D eigenvalue weighted by Crippen LogP contribution is 2.33. The molecule has 0 unspecified atom stereocenters. The summed E-state index contributed by atoms with van der Waals surface area (Å²) in [4.78, 5) is 17.1. The van der Waals surface area contributed by atoms with Crippen molar-refractivity contribution in [1.82, 2.24) is 9.80 Å². The van der Waals surface area contributed by atoms with Crippen molar-refractivity contribution in [3.05, 3.63) is 70.0 Å². The normalized spacial score (nSPS) is 20.1. The maximum Gasteiger partial charge on any atom is 0.259 e. The summed E-state index contributed by atoms with van der Waals surface area (Å²) in [6.45, 7) is 3.19. The van der Waals surface area contributed by atoms with Gasteiger partial charge in [0.2, 0.25) is 0 Å². The molecule has 0 aliphatic carbocycles. The summed E-state index contributed by atoms with van der Waals surface area (Å²) in [5.41, 5.74) is 1.57. The predicted octanol–water partition coefficient (Wildman–Crippen LogP) is 3.93. The molecule has 1 aliphatic rings. The summed E-state index contributed by atoms with van der Waals surface area (Å²) < 4.78 is 20.5. The third-order valence-electron chi connectivity index (χ3n) is 4.80. The SMILES string of the molecule is Cc1ccc(F)c(C(=O)N2CCO[C@@H](CN(C)C)[C@@H]2c2ccccc2)c1Cl. The average Bonchev–Trinajstić information content (AvgIpc) is 2.65. The monoisotopic (exact) mass is 390 g/mol. The van der Waals surface area contributed by atoms with Crippen molar-refractivity contribution < 1.29 is 13.9 Å². The van der Waals surface area contributed by atoms with E-state index in [0.29, 0.717) is 25.3 Å². The zero-order valence-corrected chi connectivity index (χ0v) is 16.5. The molecule has 2 atom stereocenters. The molecule has 2 aromatic rings. The molecule has 4 nitrogen and oxygen atoms in total. The van der Waals surface area contributed by atoms with E-state index in [1.807, 2.05) is 49.3 Å². The molecule has 3 rings (SSSR count). The largest absolute Gasteiger partial charge is 0.373 e. The summed E-state index contributed by atoms with van der Waals surface area (Å²) in [5.74, 6) is -1.000. The number of halogens is 2. The lowest BCUT2D eigenvalue weighted by molar-refractivity contribution is -0.0685. The number of carbonyl (C=O) groups excluding carboxylic acids is 1. The molecule has 0 bridgehead atoms. The molecule has 0 aromatic heterocycles. The van der Waals surface area contributed by atoms with Gasteiger partial charge in [0.05, 0.1) is 29.3 Å². The molecule has 1 fully saturated rings. The number of nitrogens with zero attached hydrogens (tertiary/aromatic N) is 2. The first-order valence-electron chi connectivity index (χ1n) is 8.97. The zero-order chi connectivity index (χ0) is 19.6. The minimum absolute atomic E-state index is 0.0666. The van der Waals surface area contributed by atoms with Crippen LogP contribution < -0.4 is 0 Å². The van der Waals surface area contributed by atoms with E-state index >= 15 is 0 Å². The number of hydrogen-bond donors (Lipinski definition) is 0. The number of benzene rings is 2. The second kappa shape index (κ2) is 8.38. The first kappa shape index (κ1) is 19.8. The number of ether oxygens (including phenoxy) is 1. The van der Waals surface area contributed by atoms with Gasteiger partial charge in [-0.15, -0.1) is 0 Å². The Hall–Kier alpha value is -1.95. The van der Waals surface area contributed by atoms with E-state index in [-0.39, 0.29) is 22.7 Å². The fourth-order valence-electron chi connectivity index (χ4n) is 3.51. The fraction of sp³-hybridized carbons (Fsp3) is 0.381. The van der Waals surface area contributed by atoms with Crippen LogP contribution in [-0.4, -0.2) is 55.6 Å². The van der Waals surface area contributed by atoms with Crippen molar-refractivity contribution in [2.24, 2.45) is 0 Å². The van der Waals surface area contributed by atoms with Crippen molar-refractivity contribution in [3.8, 4) is 0 Å². The van der Waals surface area contributed by atoms with E-state index in [4.69, 9.17) is 16.3 Å². The van der Waals surface area contributed by atoms with Crippen molar-refractivity contribution in [1.29, 1.82) is 0 Å². The molecule has 1 aliphatic heterocycles. The van der Waals surface area contributed by atoms with Crippen molar-refractivity contribution in [2.45, 2.75) is 19.1 Å². The van der Waals surface area contributed by atoms with E-state index in [1.165, 1.54) is 6.07 Å². The van der Waals surface area contributed by atoms with Gasteiger partial charge >= 0.3 is 0 Å². The number of aryl methyl sites for hydroxylation is 1. The highest BCUT2D eigenvalue weighted by atomic mass is 35.5. The molecule has 27 heavy (non-hydrogen) atoms. The summed E-state index contributed by atoms with van der Waals surface area (Å²) in [7, 11) is 3.92. The molecule has 6 heteroatoms. The quantitative estimate of drug-likeness (QED) is 0.793. The number of carbonyl (C=O) groups is 1. The predicted molar refractivity (Wildman–Crippen MR) is 105 cm³/mol. The van der Waals surface area contributed by atoms with E-state index in [1.54, 1.807) is 17.9 Å². The van der Waals surface area contributed by atoms with Gasteiger partial charge in [-0.1, -0.05) is 48.0 Å². The minimum Gasteiger partial charge on any atom is -0.373 e. The smallest absolute Gasteiger partial charge is 0.259 e. The molecule has 0 radical (unpaired) electrons. The first-order chi connectivity index (χ1) is 12.9. The Morgan fingerprint density at radius 1 is 1.26 bits per heavy atom. The minimum atomic E-state index is -0.599. The number of morpholine rings is 1. The lowest BCUT2D eigenvalue weighted by atomic mass is 9.96. The van der Waals surface area contributed by atoms with Crippen LogP contribution in [-0.2, 0) is 4.74 Å². The Morgan fingerprint density at radius 2 is 1.96 bits per heavy atom. The van der Waals surface area contributed by atoms with Crippen LogP contribution >= 0.6 is 11.6 Å². The lowest BCUT2D eigenvalue weighted by Gasteiger charge is -2.42. The molecule has 1 amide bonds. The number of amides is 1. The number of likely N-dealkylation sites (N-methyl/N-ethyl adjacent to an activating group) is 1. The summed E-state index contributed by atoms with van der Waals surface area (Å²) in [6, 6.07) is 12.3. The molecular weight excluding hydrogens is 367 g/mol. The molecule has 2 aromatic carbocycles. The molecular formula is C21H24ClFN2O2. The highest BCUT2D eigenvalue weighted by molar-refractivity contribution is 6.34. The first-order valence-corrected chi connectivity index (χ1v) is 9.34. The van der Waals surface area contributed by atoms with Gasteiger partial charge in [-0.25, -0.2) is 4.39 Å². The Labute approximate surface area is 164 Å². The average molecular weight is 391 g/mol. The van der Waals surface area contributed by atoms with Crippen molar-refractivity contribution in [3.63, 3.8) is 0 Å². The third-order valence-corrected chi connectivity index (χ3v) is 5.28. The van der Waals surface area contributed by atoms with Crippen LogP contribution in [0.5, 0.6) is 0 Å². The Kier molecular flexibility index (Phi) is 6.15. The van der Waals surface area contributed by atoms with Gasteiger partial charge < -0.3 is 14.5 Å².